The van der Waals surface area contributed by atoms with Crippen LogP contribution in [0.3, 0.4) is 0 Å². The summed E-state index contributed by atoms with van der Waals surface area (Å²) in [6.07, 6.45) is 0. The molecule has 0 bridgehead atoms. The summed E-state index contributed by atoms with van der Waals surface area (Å²) in [6, 6.07) is 7.90. The summed E-state index contributed by atoms with van der Waals surface area (Å²) in [5, 5.41) is 0. The highest BCUT2D eigenvalue weighted by Crippen LogP contribution is 2.16. The molecule has 0 unspecified atom stereocenters. The van der Waals surface area contributed by atoms with Crippen LogP contribution in [0.4, 0.5) is 5.69 Å². The molecule has 0 spiro atoms. The van der Waals surface area contributed by atoms with E-state index in [2.05, 4.69) is 25.8 Å². The third-order valence-corrected chi connectivity index (χ3v) is 3.24. The second-order valence-corrected chi connectivity index (χ2v) is 5.30. The van der Waals surface area contributed by atoms with Gasteiger partial charge in [-0.3, -0.25) is 4.79 Å². The average molecular weight is 262 g/mol. The van der Waals surface area contributed by atoms with Crippen molar-refractivity contribution in [3.63, 3.8) is 0 Å². The van der Waals surface area contributed by atoms with Crippen molar-refractivity contribution >= 4 is 11.6 Å². The lowest BCUT2D eigenvalue weighted by Crippen LogP contribution is -2.30. The van der Waals surface area contributed by atoms with Crippen molar-refractivity contribution in [3.05, 3.63) is 29.8 Å². The zero-order valence-corrected chi connectivity index (χ0v) is 12.8. The second kappa shape index (κ2) is 7.17. The molecule has 0 aromatic heterocycles. The maximum absolute atomic E-state index is 12.2. The Labute approximate surface area is 117 Å². The first-order chi connectivity index (χ1) is 8.99. The van der Waals surface area contributed by atoms with Gasteiger partial charge in [-0.2, -0.15) is 0 Å². The number of hydrogen-bond donors (Lipinski definition) is 0. The Bertz CT molecular complexity index is 394. The topological polar surface area (TPSA) is 23.6 Å². The highest BCUT2D eigenvalue weighted by molar-refractivity contribution is 5.94. The van der Waals surface area contributed by atoms with Gasteiger partial charge >= 0.3 is 0 Å². The van der Waals surface area contributed by atoms with Gasteiger partial charge in [0.25, 0.3) is 5.91 Å². The Morgan fingerprint density at radius 3 is 2.05 bits per heavy atom. The molecule has 0 saturated heterocycles. The van der Waals surface area contributed by atoms with Crippen LogP contribution in [-0.4, -0.2) is 37.5 Å². The van der Waals surface area contributed by atoms with E-state index in [1.807, 2.05) is 43.0 Å². The summed E-state index contributed by atoms with van der Waals surface area (Å²) >= 11 is 0. The fourth-order valence-corrected chi connectivity index (χ4v) is 2.21. The molecule has 3 nitrogen and oxygen atoms in total. The average Bonchev–Trinajstić information content (AvgIpc) is 2.39. The van der Waals surface area contributed by atoms with Crippen LogP contribution in [0, 0.1) is 5.92 Å². The van der Waals surface area contributed by atoms with Crippen LogP contribution >= 0.6 is 0 Å². The van der Waals surface area contributed by atoms with Gasteiger partial charge in [0.15, 0.2) is 0 Å². The van der Waals surface area contributed by atoms with Gasteiger partial charge in [0.1, 0.15) is 0 Å². The highest BCUT2D eigenvalue weighted by atomic mass is 16.2. The van der Waals surface area contributed by atoms with Crippen LogP contribution in [0.5, 0.6) is 0 Å². The van der Waals surface area contributed by atoms with Crippen LogP contribution < -0.4 is 4.90 Å². The summed E-state index contributed by atoms with van der Waals surface area (Å²) in [5.41, 5.74) is 1.93. The maximum atomic E-state index is 12.2. The molecule has 1 rings (SSSR count). The number of anilines is 1. The number of carbonyl (C=O) groups is 1. The summed E-state index contributed by atoms with van der Waals surface area (Å²) in [5.74, 6) is 0.741. The van der Waals surface area contributed by atoms with Crippen molar-refractivity contribution in [2.24, 2.45) is 5.92 Å². The zero-order valence-electron chi connectivity index (χ0n) is 12.8. The van der Waals surface area contributed by atoms with Crippen molar-refractivity contribution in [2.45, 2.75) is 27.7 Å². The lowest BCUT2D eigenvalue weighted by atomic mass is 10.1. The molecule has 106 valence electrons. The Morgan fingerprint density at radius 1 is 1.11 bits per heavy atom. The van der Waals surface area contributed by atoms with Crippen molar-refractivity contribution in [3.8, 4) is 0 Å². The number of rotatable bonds is 6. The van der Waals surface area contributed by atoms with Gasteiger partial charge in [-0.25, -0.2) is 0 Å². The maximum Gasteiger partial charge on any atom is 0.253 e. The van der Waals surface area contributed by atoms with Gasteiger partial charge in [-0.05, 0) is 44.0 Å². The van der Waals surface area contributed by atoms with Crippen LogP contribution in [0.1, 0.15) is 38.1 Å². The predicted octanol–water partition coefficient (Wildman–Crippen LogP) is 3.26. The molecule has 1 amide bonds. The number of hydrogen-bond acceptors (Lipinski definition) is 2. The van der Waals surface area contributed by atoms with Gasteiger partial charge < -0.3 is 9.80 Å². The smallest absolute Gasteiger partial charge is 0.253 e. The first-order valence-electron chi connectivity index (χ1n) is 7.10. The fourth-order valence-electron chi connectivity index (χ4n) is 2.21. The molecule has 19 heavy (non-hydrogen) atoms. The van der Waals surface area contributed by atoms with Gasteiger partial charge in [-0.1, -0.05) is 13.8 Å². The third kappa shape index (κ3) is 4.27. The largest absolute Gasteiger partial charge is 0.374 e. The molecule has 0 aliphatic heterocycles. The van der Waals surface area contributed by atoms with E-state index in [0.717, 1.165) is 30.9 Å². The summed E-state index contributed by atoms with van der Waals surface area (Å²) in [4.78, 5) is 16.2. The lowest BCUT2D eigenvalue weighted by Gasteiger charge is -2.22. The molecule has 0 aliphatic rings. The van der Waals surface area contributed by atoms with E-state index in [-0.39, 0.29) is 5.91 Å². The van der Waals surface area contributed by atoms with Gasteiger partial charge in [-0.15, -0.1) is 0 Å². The zero-order chi connectivity index (χ0) is 14.4. The normalized spacial score (nSPS) is 10.6. The summed E-state index contributed by atoms with van der Waals surface area (Å²) < 4.78 is 0. The highest BCUT2D eigenvalue weighted by Gasteiger charge is 2.12. The Hall–Kier alpha value is -1.51. The molecular weight excluding hydrogens is 236 g/mol. The van der Waals surface area contributed by atoms with E-state index in [1.54, 1.807) is 0 Å². The van der Waals surface area contributed by atoms with E-state index in [1.165, 1.54) is 0 Å². The molecule has 1 aromatic carbocycles. The molecule has 0 atom stereocenters. The van der Waals surface area contributed by atoms with Crippen LogP contribution in [0.25, 0.3) is 0 Å². The van der Waals surface area contributed by atoms with Crippen LogP contribution in [-0.2, 0) is 0 Å². The Balaban J connectivity index is 2.78. The van der Waals surface area contributed by atoms with Crippen molar-refractivity contribution in [1.29, 1.82) is 0 Å². The molecule has 0 radical (unpaired) electrons. The van der Waals surface area contributed by atoms with Crippen molar-refractivity contribution in [1.82, 2.24) is 4.90 Å². The fraction of sp³-hybridized carbons (Fsp3) is 0.562. The quantitative estimate of drug-likeness (QED) is 0.785. The van der Waals surface area contributed by atoms with Gasteiger partial charge in [0, 0.05) is 37.9 Å². The molecule has 0 N–H and O–H groups in total. The number of amides is 1. The van der Waals surface area contributed by atoms with Gasteiger partial charge in [0.2, 0.25) is 0 Å². The molecule has 0 fully saturated rings. The molecule has 0 aliphatic carbocycles. The van der Waals surface area contributed by atoms with Crippen molar-refractivity contribution < 1.29 is 4.79 Å². The Kier molecular flexibility index (Phi) is 5.87. The lowest BCUT2D eigenvalue weighted by molar-refractivity contribution is 0.0773. The first-order valence-corrected chi connectivity index (χ1v) is 7.10. The SMILES string of the molecule is CCN(CC)C(=O)c1ccc(N(C)CC(C)C)cc1. The third-order valence-electron chi connectivity index (χ3n) is 3.24. The second-order valence-electron chi connectivity index (χ2n) is 5.30. The number of carbonyl (C=O) groups excluding carboxylic acids is 1. The number of benzene rings is 1. The molecule has 0 saturated carbocycles. The van der Waals surface area contributed by atoms with E-state index in [0.29, 0.717) is 5.92 Å². The molecule has 0 heterocycles. The first kappa shape index (κ1) is 15.5. The van der Waals surface area contributed by atoms with E-state index < -0.39 is 0 Å². The van der Waals surface area contributed by atoms with Crippen LogP contribution in [0.15, 0.2) is 24.3 Å². The minimum absolute atomic E-state index is 0.114. The number of nitrogens with zero attached hydrogens (tertiary/aromatic N) is 2. The summed E-state index contributed by atoms with van der Waals surface area (Å²) in [6.45, 7) is 10.9. The Morgan fingerprint density at radius 2 is 1.63 bits per heavy atom. The predicted molar refractivity (Wildman–Crippen MR) is 81.8 cm³/mol. The molecular formula is C16H26N2O. The summed E-state index contributed by atoms with van der Waals surface area (Å²) in [7, 11) is 2.08. The molecule has 1 aromatic rings. The van der Waals surface area contributed by atoms with E-state index in [4.69, 9.17) is 0 Å². The van der Waals surface area contributed by atoms with Crippen molar-refractivity contribution in [2.75, 3.05) is 31.6 Å². The monoisotopic (exact) mass is 262 g/mol. The van der Waals surface area contributed by atoms with E-state index >= 15 is 0 Å². The van der Waals surface area contributed by atoms with Gasteiger partial charge in [0.05, 0.1) is 0 Å². The molecule has 3 heteroatoms. The van der Waals surface area contributed by atoms with E-state index in [9.17, 15) is 4.79 Å². The van der Waals surface area contributed by atoms with Crippen LogP contribution in [0.2, 0.25) is 0 Å². The minimum atomic E-state index is 0.114. The standard InChI is InChI=1S/C16H26N2O/c1-6-18(7-2)16(19)14-8-10-15(11-9-14)17(5)12-13(3)4/h8-11,13H,6-7,12H2,1-5H3. The minimum Gasteiger partial charge on any atom is -0.374 e.